The summed E-state index contributed by atoms with van der Waals surface area (Å²) >= 11 is 0. The average molecular weight is 252 g/mol. The Morgan fingerprint density at radius 2 is 2.00 bits per heavy atom. The van der Waals surface area contributed by atoms with Gasteiger partial charge in [0.25, 0.3) is 0 Å². The van der Waals surface area contributed by atoms with E-state index in [4.69, 9.17) is 5.73 Å². The summed E-state index contributed by atoms with van der Waals surface area (Å²) in [7, 11) is -1.92. The molecule has 92 valence electrons. The molecule has 0 aliphatic heterocycles. The summed E-state index contributed by atoms with van der Waals surface area (Å²) < 4.78 is 25.6. The Labute approximate surface area is 102 Å². The van der Waals surface area contributed by atoms with Crippen LogP contribution in [0.3, 0.4) is 0 Å². The highest BCUT2D eigenvalue weighted by molar-refractivity contribution is 7.89. The van der Waals surface area contributed by atoms with Crippen LogP contribution in [0, 0.1) is 11.8 Å². The Balaban J connectivity index is 3.32. The molecule has 0 saturated heterocycles. The number of hydrogen-bond acceptors (Lipinski definition) is 3. The van der Waals surface area contributed by atoms with E-state index in [2.05, 4.69) is 11.8 Å². The predicted octanol–water partition coefficient (Wildman–Crippen LogP) is 0.637. The summed E-state index contributed by atoms with van der Waals surface area (Å²) in [6.45, 7) is 2.41. The maximum Gasteiger partial charge on any atom is 0.244 e. The van der Waals surface area contributed by atoms with Gasteiger partial charge in [-0.1, -0.05) is 30.9 Å². The topological polar surface area (TPSA) is 63.4 Å². The molecule has 0 aliphatic carbocycles. The first-order chi connectivity index (χ1) is 8.04. The number of nitrogens with zero attached hydrogens (tertiary/aromatic N) is 1. The van der Waals surface area contributed by atoms with Gasteiger partial charge in [0.2, 0.25) is 10.0 Å². The number of rotatable bonds is 3. The van der Waals surface area contributed by atoms with Crippen LogP contribution < -0.4 is 5.73 Å². The quantitative estimate of drug-likeness (QED) is 0.803. The molecule has 4 nitrogen and oxygen atoms in total. The Morgan fingerprint density at radius 3 is 2.59 bits per heavy atom. The van der Waals surface area contributed by atoms with Crippen LogP contribution in [0.2, 0.25) is 0 Å². The van der Waals surface area contributed by atoms with Crippen LogP contribution >= 0.6 is 0 Å². The normalized spacial score (nSPS) is 11.1. The zero-order valence-electron chi connectivity index (χ0n) is 9.97. The molecule has 0 aromatic heterocycles. The van der Waals surface area contributed by atoms with Crippen LogP contribution in [-0.4, -0.2) is 32.9 Å². The minimum atomic E-state index is -3.46. The second-order valence-electron chi connectivity index (χ2n) is 3.42. The van der Waals surface area contributed by atoms with Crippen LogP contribution in [0.5, 0.6) is 0 Å². The number of hydrogen-bond donors (Lipinski definition) is 1. The van der Waals surface area contributed by atoms with Crippen LogP contribution in [-0.2, 0) is 10.0 Å². The zero-order valence-corrected chi connectivity index (χ0v) is 10.8. The lowest BCUT2D eigenvalue weighted by Crippen LogP contribution is -2.27. The summed E-state index contributed by atoms with van der Waals surface area (Å²) in [5, 5.41) is 0. The van der Waals surface area contributed by atoms with E-state index in [9.17, 15) is 8.42 Å². The van der Waals surface area contributed by atoms with Gasteiger partial charge < -0.3 is 5.73 Å². The molecule has 1 aromatic carbocycles. The van der Waals surface area contributed by atoms with E-state index in [0.29, 0.717) is 12.1 Å². The maximum absolute atomic E-state index is 12.2. The minimum Gasteiger partial charge on any atom is -0.320 e. The van der Waals surface area contributed by atoms with E-state index in [0.717, 1.165) is 0 Å². The fourth-order valence-corrected chi connectivity index (χ4v) is 2.60. The van der Waals surface area contributed by atoms with Gasteiger partial charge in [0, 0.05) is 19.2 Å². The second-order valence-corrected chi connectivity index (χ2v) is 5.43. The van der Waals surface area contributed by atoms with E-state index in [1.54, 1.807) is 38.2 Å². The molecule has 0 heterocycles. The highest BCUT2D eigenvalue weighted by Crippen LogP contribution is 2.18. The molecule has 2 N–H and O–H groups in total. The SMILES string of the molecule is CCN(C)S(=O)(=O)c1ccccc1C#CCN. The van der Waals surface area contributed by atoms with Crippen molar-refractivity contribution in [2.24, 2.45) is 5.73 Å². The van der Waals surface area contributed by atoms with Crippen molar-refractivity contribution in [3.63, 3.8) is 0 Å². The highest BCUT2D eigenvalue weighted by atomic mass is 32.2. The van der Waals surface area contributed by atoms with Crippen molar-refractivity contribution in [1.29, 1.82) is 0 Å². The first kappa shape index (κ1) is 13.7. The van der Waals surface area contributed by atoms with Gasteiger partial charge in [0.1, 0.15) is 0 Å². The molecule has 17 heavy (non-hydrogen) atoms. The van der Waals surface area contributed by atoms with Gasteiger partial charge in [-0.2, -0.15) is 0 Å². The number of sulfonamides is 1. The van der Waals surface area contributed by atoms with Crippen molar-refractivity contribution in [2.75, 3.05) is 20.1 Å². The smallest absolute Gasteiger partial charge is 0.244 e. The van der Waals surface area contributed by atoms with E-state index in [-0.39, 0.29) is 11.4 Å². The third-order valence-corrected chi connectivity index (χ3v) is 4.34. The average Bonchev–Trinajstić information content (AvgIpc) is 2.35. The molecule has 0 spiro atoms. The van der Waals surface area contributed by atoms with E-state index in [1.165, 1.54) is 4.31 Å². The minimum absolute atomic E-state index is 0.206. The summed E-state index contributed by atoms with van der Waals surface area (Å²) in [5.74, 6) is 5.45. The van der Waals surface area contributed by atoms with Gasteiger partial charge in [-0.05, 0) is 12.1 Å². The Hall–Kier alpha value is -1.35. The third kappa shape index (κ3) is 3.07. The lowest BCUT2D eigenvalue weighted by molar-refractivity contribution is 0.486. The van der Waals surface area contributed by atoms with Crippen LogP contribution in [0.4, 0.5) is 0 Å². The standard InChI is InChI=1S/C12H16N2O2S/c1-3-14(2)17(15,16)12-9-5-4-7-11(12)8-6-10-13/h4-5,7,9H,3,10,13H2,1-2H3. The molecule has 1 aromatic rings. The van der Waals surface area contributed by atoms with Gasteiger partial charge in [0.05, 0.1) is 11.4 Å². The van der Waals surface area contributed by atoms with Gasteiger partial charge in [-0.15, -0.1) is 0 Å². The molecule has 0 radical (unpaired) electrons. The Kier molecular flexibility index (Phi) is 4.70. The van der Waals surface area contributed by atoms with E-state index < -0.39 is 10.0 Å². The Morgan fingerprint density at radius 1 is 1.35 bits per heavy atom. The van der Waals surface area contributed by atoms with Crippen molar-refractivity contribution in [2.45, 2.75) is 11.8 Å². The zero-order chi connectivity index (χ0) is 12.9. The third-order valence-electron chi connectivity index (χ3n) is 2.35. The lowest BCUT2D eigenvalue weighted by Gasteiger charge is -2.15. The van der Waals surface area contributed by atoms with Gasteiger partial charge in [0.15, 0.2) is 0 Å². The number of nitrogens with two attached hydrogens (primary N) is 1. The molecule has 0 atom stereocenters. The molecule has 5 heteroatoms. The Bertz CT molecular complexity index is 541. The first-order valence-corrected chi connectivity index (χ1v) is 6.72. The molecule has 0 saturated carbocycles. The second kappa shape index (κ2) is 5.82. The monoisotopic (exact) mass is 252 g/mol. The van der Waals surface area contributed by atoms with Gasteiger partial charge in [-0.25, -0.2) is 12.7 Å². The fourth-order valence-electron chi connectivity index (χ4n) is 1.28. The van der Waals surface area contributed by atoms with Crippen molar-refractivity contribution < 1.29 is 8.42 Å². The summed E-state index contributed by atoms with van der Waals surface area (Å²) in [6.07, 6.45) is 0. The summed E-state index contributed by atoms with van der Waals surface area (Å²) in [6, 6.07) is 6.68. The van der Waals surface area contributed by atoms with Gasteiger partial charge >= 0.3 is 0 Å². The van der Waals surface area contributed by atoms with Crippen molar-refractivity contribution in [3.05, 3.63) is 29.8 Å². The molecule has 0 amide bonds. The maximum atomic E-state index is 12.2. The molecule has 0 fully saturated rings. The largest absolute Gasteiger partial charge is 0.320 e. The molecular weight excluding hydrogens is 236 g/mol. The highest BCUT2D eigenvalue weighted by Gasteiger charge is 2.21. The molecule has 1 rings (SSSR count). The summed E-state index contributed by atoms with van der Waals surface area (Å²) in [4.78, 5) is 0.227. The number of benzene rings is 1. The first-order valence-electron chi connectivity index (χ1n) is 5.28. The molecule has 0 bridgehead atoms. The van der Waals surface area contributed by atoms with Crippen LogP contribution in [0.15, 0.2) is 29.2 Å². The molecular formula is C12H16N2O2S. The molecule has 0 aliphatic rings. The predicted molar refractivity (Wildman–Crippen MR) is 67.9 cm³/mol. The lowest BCUT2D eigenvalue weighted by atomic mass is 10.2. The fraction of sp³-hybridized carbons (Fsp3) is 0.333. The molecule has 0 unspecified atom stereocenters. The van der Waals surface area contributed by atoms with E-state index >= 15 is 0 Å². The van der Waals surface area contributed by atoms with Crippen molar-refractivity contribution >= 4 is 10.0 Å². The van der Waals surface area contributed by atoms with E-state index in [1.807, 2.05) is 0 Å². The van der Waals surface area contributed by atoms with Crippen molar-refractivity contribution in [1.82, 2.24) is 4.31 Å². The van der Waals surface area contributed by atoms with Crippen molar-refractivity contribution in [3.8, 4) is 11.8 Å². The summed E-state index contributed by atoms with van der Waals surface area (Å²) in [5.41, 5.74) is 5.77. The van der Waals surface area contributed by atoms with Crippen LogP contribution in [0.1, 0.15) is 12.5 Å². The van der Waals surface area contributed by atoms with Gasteiger partial charge in [-0.3, -0.25) is 0 Å². The van der Waals surface area contributed by atoms with Crippen LogP contribution in [0.25, 0.3) is 0 Å².